The molecular weight excluding hydrogens is 574 g/mol. The first-order valence-corrected chi connectivity index (χ1v) is 15.7. The van der Waals surface area contributed by atoms with Crippen molar-refractivity contribution in [3.05, 3.63) is 157 Å². The molecule has 218 valence electrons. The Kier molecular flexibility index (Phi) is 5.32. The molecule has 0 bridgehead atoms. The fourth-order valence-corrected chi connectivity index (χ4v) is 7.49. The van der Waals surface area contributed by atoms with Crippen molar-refractivity contribution in [1.82, 2.24) is 9.13 Å². The molecule has 0 amide bonds. The summed E-state index contributed by atoms with van der Waals surface area (Å²) in [6, 6.07) is 55.4. The van der Waals surface area contributed by atoms with Crippen LogP contribution in [0.25, 0.3) is 88.1 Å². The van der Waals surface area contributed by atoms with E-state index >= 15 is 0 Å². The van der Waals surface area contributed by atoms with Crippen molar-refractivity contribution in [1.29, 1.82) is 5.26 Å². The number of furan rings is 1. The van der Waals surface area contributed by atoms with E-state index in [9.17, 15) is 5.26 Å². The molecule has 0 fully saturated rings. The molecule has 0 aliphatic carbocycles. The van der Waals surface area contributed by atoms with Gasteiger partial charge >= 0.3 is 0 Å². The molecule has 0 radical (unpaired) electrons. The summed E-state index contributed by atoms with van der Waals surface area (Å²) in [5.74, 6) is 0. The number of para-hydroxylation sites is 4. The van der Waals surface area contributed by atoms with E-state index in [0.717, 1.165) is 71.9 Å². The highest BCUT2D eigenvalue weighted by molar-refractivity contribution is 6.17. The fraction of sp³-hybridized carbons (Fsp3) is 0. The number of hydrogen-bond donors (Lipinski definition) is 0. The lowest BCUT2D eigenvalue weighted by atomic mass is 10.0. The maximum absolute atomic E-state index is 9.97. The molecular formula is C43H25N3O. The minimum atomic E-state index is 0.625. The maximum Gasteiger partial charge on any atom is 0.136 e. The van der Waals surface area contributed by atoms with Crippen molar-refractivity contribution < 1.29 is 4.42 Å². The van der Waals surface area contributed by atoms with E-state index < -0.39 is 0 Å². The number of hydrogen-bond acceptors (Lipinski definition) is 2. The van der Waals surface area contributed by atoms with Crippen LogP contribution in [0.3, 0.4) is 0 Å². The minimum absolute atomic E-state index is 0.625. The number of rotatable bonds is 3. The topological polar surface area (TPSA) is 46.8 Å². The van der Waals surface area contributed by atoms with E-state index in [1.165, 1.54) is 16.2 Å². The van der Waals surface area contributed by atoms with E-state index in [2.05, 4.69) is 143 Å². The zero-order valence-electron chi connectivity index (χ0n) is 25.2. The normalized spacial score (nSPS) is 11.8. The van der Waals surface area contributed by atoms with Gasteiger partial charge in [0, 0.05) is 43.6 Å². The lowest BCUT2D eigenvalue weighted by Gasteiger charge is -2.16. The van der Waals surface area contributed by atoms with E-state index in [1.807, 2.05) is 24.3 Å². The van der Waals surface area contributed by atoms with Crippen LogP contribution >= 0.6 is 0 Å². The molecule has 7 aromatic carbocycles. The monoisotopic (exact) mass is 599 g/mol. The van der Waals surface area contributed by atoms with Gasteiger partial charge < -0.3 is 13.6 Å². The van der Waals surface area contributed by atoms with Gasteiger partial charge in [-0.1, -0.05) is 91.0 Å². The van der Waals surface area contributed by atoms with Crippen LogP contribution in [0.5, 0.6) is 0 Å². The summed E-state index contributed by atoms with van der Waals surface area (Å²) in [5, 5.41) is 16.9. The van der Waals surface area contributed by atoms with Gasteiger partial charge in [-0.05, 0) is 66.2 Å². The number of fused-ring (bicyclic) bond motifs is 9. The quantitative estimate of drug-likeness (QED) is 0.203. The zero-order chi connectivity index (χ0) is 31.1. The van der Waals surface area contributed by atoms with Crippen LogP contribution in [0.4, 0.5) is 0 Å². The Labute approximate surface area is 269 Å². The van der Waals surface area contributed by atoms with Gasteiger partial charge in [-0.2, -0.15) is 5.26 Å². The highest BCUT2D eigenvalue weighted by Crippen LogP contribution is 2.40. The molecule has 4 heteroatoms. The van der Waals surface area contributed by atoms with Crippen LogP contribution in [0.2, 0.25) is 0 Å². The molecule has 0 aliphatic heterocycles. The Morgan fingerprint density at radius 2 is 1.09 bits per heavy atom. The summed E-state index contributed by atoms with van der Waals surface area (Å²) >= 11 is 0. The van der Waals surface area contributed by atoms with Gasteiger partial charge in [-0.3, -0.25) is 0 Å². The fourth-order valence-electron chi connectivity index (χ4n) is 7.49. The van der Waals surface area contributed by atoms with Crippen LogP contribution in [0.1, 0.15) is 5.56 Å². The number of aromatic nitrogens is 2. The van der Waals surface area contributed by atoms with Crippen LogP contribution in [0, 0.1) is 11.3 Å². The van der Waals surface area contributed by atoms with Crippen molar-refractivity contribution in [3.63, 3.8) is 0 Å². The molecule has 3 heterocycles. The Bertz CT molecular complexity index is 2880. The Morgan fingerprint density at radius 3 is 1.81 bits per heavy atom. The van der Waals surface area contributed by atoms with Gasteiger partial charge in [-0.15, -0.1) is 0 Å². The molecule has 0 saturated carbocycles. The van der Waals surface area contributed by atoms with Crippen molar-refractivity contribution in [2.24, 2.45) is 0 Å². The number of nitrogens with zero attached hydrogens (tertiary/aromatic N) is 3. The third-order valence-corrected chi connectivity index (χ3v) is 9.53. The van der Waals surface area contributed by atoms with E-state index in [0.29, 0.717) is 5.56 Å². The zero-order valence-corrected chi connectivity index (χ0v) is 25.2. The van der Waals surface area contributed by atoms with Gasteiger partial charge in [0.25, 0.3) is 0 Å². The van der Waals surface area contributed by atoms with Gasteiger partial charge in [0.05, 0.1) is 39.4 Å². The van der Waals surface area contributed by atoms with Gasteiger partial charge in [0.2, 0.25) is 0 Å². The van der Waals surface area contributed by atoms with Crippen molar-refractivity contribution >= 4 is 65.6 Å². The first kappa shape index (κ1) is 25.7. The molecule has 0 N–H and O–H groups in total. The Balaban J connectivity index is 1.25. The lowest BCUT2D eigenvalue weighted by molar-refractivity contribution is 0.669. The van der Waals surface area contributed by atoms with E-state index in [-0.39, 0.29) is 0 Å². The molecule has 0 aliphatic rings. The standard InChI is InChI=1S/C43H25N3O/c44-26-27-20-21-30(40(22-27)46-38-17-6-1-12-31(38)32-13-2-7-18-39(32)46)28-10-9-11-29(23-28)45-37-16-5-3-14-33(37)35-25-43-36(24-41(35)45)34-15-4-8-19-42(34)47-43/h1-25H. The van der Waals surface area contributed by atoms with Crippen LogP contribution < -0.4 is 0 Å². The SMILES string of the molecule is N#Cc1ccc(-c2cccc(-n3c4ccccc4c4cc5oc6ccccc6c5cc43)c2)c(-n2c3ccccc3c3ccccc32)c1. The third kappa shape index (κ3) is 3.69. The second-order valence-electron chi connectivity index (χ2n) is 12.1. The highest BCUT2D eigenvalue weighted by Gasteiger charge is 2.19. The summed E-state index contributed by atoms with van der Waals surface area (Å²) in [6.07, 6.45) is 0. The van der Waals surface area contributed by atoms with Crippen molar-refractivity contribution in [2.75, 3.05) is 0 Å². The number of nitriles is 1. The molecule has 10 aromatic rings. The van der Waals surface area contributed by atoms with Gasteiger partial charge in [0.1, 0.15) is 11.2 Å². The first-order chi connectivity index (χ1) is 23.3. The largest absolute Gasteiger partial charge is 0.456 e. The highest BCUT2D eigenvalue weighted by atomic mass is 16.3. The summed E-state index contributed by atoms with van der Waals surface area (Å²) in [7, 11) is 0. The summed E-state index contributed by atoms with van der Waals surface area (Å²) in [4.78, 5) is 0. The molecule has 3 aromatic heterocycles. The molecule has 0 saturated heterocycles. The third-order valence-electron chi connectivity index (χ3n) is 9.53. The summed E-state index contributed by atoms with van der Waals surface area (Å²) < 4.78 is 11.0. The van der Waals surface area contributed by atoms with Gasteiger partial charge in [-0.25, -0.2) is 0 Å². The Hall–Kier alpha value is -6.57. The average molecular weight is 600 g/mol. The predicted molar refractivity (Wildman–Crippen MR) is 193 cm³/mol. The van der Waals surface area contributed by atoms with Crippen molar-refractivity contribution in [2.45, 2.75) is 0 Å². The summed E-state index contributed by atoms with van der Waals surface area (Å²) in [6.45, 7) is 0. The molecule has 4 nitrogen and oxygen atoms in total. The first-order valence-electron chi connectivity index (χ1n) is 15.7. The molecule has 47 heavy (non-hydrogen) atoms. The second kappa shape index (κ2) is 9.71. The molecule has 0 spiro atoms. The average Bonchev–Trinajstić information content (AvgIpc) is 3.78. The van der Waals surface area contributed by atoms with E-state index in [4.69, 9.17) is 4.42 Å². The maximum atomic E-state index is 9.97. The van der Waals surface area contributed by atoms with Crippen LogP contribution in [-0.4, -0.2) is 9.13 Å². The molecule has 10 rings (SSSR count). The predicted octanol–water partition coefficient (Wildman–Crippen LogP) is 11.3. The van der Waals surface area contributed by atoms with Gasteiger partial charge in [0.15, 0.2) is 0 Å². The Morgan fingerprint density at radius 1 is 0.447 bits per heavy atom. The molecule has 0 atom stereocenters. The smallest absolute Gasteiger partial charge is 0.136 e. The number of benzene rings is 7. The lowest BCUT2D eigenvalue weighted by Crippen LogP contribution is -1.99. The summed E-state index contributed by atoms with van der Waals surface area (Å²) in [5.41, 5.74) is 11.1. The second-order valence-corrected chi connectivity index (χ2v) is 12.1. The van der Waals surface area contributed by atoms with Crippen LogP contribution in [0.15, 0.2) is 156 Å². The molecule has 0 unspecified atom stereocenters. The minimum Gasteiger partial charge on any atom is -0.456 e. The van der Waals surface area contributed by atoms with Crippen LogP contribution in [-0.2, 0) is 0 Å². The van der Waals surface area contributed by atoms with Crippen molar-refractivity contribution in [3.8, 4) is 28.6 Å². The van der Waals surface area contributed by atoms with E-state index in [1.54, 1.807) is 0 Å².